The second kappa shape index (κ2) is 10.8. The fourth-order valence-electron chi connectivity index (χ4n) is 3.92. The second-order valence-corrected chi connectivity index (χ2v) is 10.6. The van der Waals surface area contributed by atoms with Crippen LogP contribution in [0.4, 0.5) is 9.39 Å². The Bertz CT molecular complexity index is 1590. The van der Waals surface area contributed by atoms with Gasteiger partial charge in [0, 0.05) is 38.5 Å². The number of aromatic nitrogens is 3. The van der Waals surface area contributed by atoms with E-state index in [-0.39, 0.29) is 23.0 Å². The molecule has 0 saturated carbocycles. The Morgan fingerprint density at radius 3 is 2.57 bits per heavy atom. The number of thiophene rings is 2. The number of carbonyl (C=O) groups excluding carboxylic acids is 2. The fourth-order valence-corrected chi connectivity index (χ4v) is 6.64. The average Bonchev–Trinajstić information content (AvgIpc) is 3.63. The van der Waals surface area contributed by atoms with Crippen LogP contribution in [-0.4, -0.2) is 39.5 Å². The van der Waals surface area contributed by atoms with Gasteiger partial charge < -0.3 is 14.6 Å². The summed E-state index contributed by atoms with van der Waals surface area (Å²) in [6.07, 6.45) is 0. The number of nitrogens with zero attached hydrogens (tertiary/aromatic N) is 3. The molecule has 3 heterocycles. The lowest BCUT2D eigenvalue weighted by Crippen LogP contribution is -2.16. The lowest BCUT2D eigenvalue weighted by Gasteiger charge is -2.09. The minimum Gasteiger partial charge on any atom is -0.465 e. The van der Waals surface area contributed by atoms with Crippen molar-refractivity contribution in [1.29, 1.82) is 0 Å². The molecular weight excluding hydrogens is 532 g/mol. The third kappa shape index (κ3) is 5.02. The summed E-state index contributed by atoms with van der Waals surface area (Å²) in [6.45, 7) is 2.66. The SMILES string of the molecule is CCn1c(SCC(=O)Nc2scc(-c3ccc(F)cc3)c2C(=O)OC)nnc1-c1csc2ccccc12. The summed E-state index contributed by atoms with van der Waals surface area (Å²) in [4.78, 5) is 25.4. The highest BCUT2D eigenvalue weighted by molar-refractivity contribution is 7.99. The number of esters is 1. The molecule has 7 nitrogen and oxygen atoms in total. The molecule has 0 fully saturated rings. The number of halogens is 1. The highest BCUT2D eigenvalue weighted by atomic mass is 32.2. The Hall–Kier alpha value is -3.54. The first-order valence-electron chi connectivity index (χ1n) is 11.3. The molecular formula is C26H21FN4O3S3. The first-order valence-corrected chi connectivity index (χ1v) is 14.0. The van der Waals surface area contributed by atoms with Crippen LogP contribution in [0, 0.1) is 5.82 Å². The Labute approximate surface area is 224 Å². The van der Waals surface area contributed by atoms with E-state index in [1.54, 1.807) is 28.8 Å². The van der Waals surface area contributed by atoms with Gasteiger partial charge >= 0.3 is 5.97 Å². The number of benzene rings is 2. The Balaban J connectivity index is 1.34. The first-order chi connectivity index (χ1) is 18.0. The zero-order chi connectivity index (χ0) is 25.9. The largest absolute Gasteiger partial charge is 0.465 e. The summed E-state index contributed by atoms with van der Waals surface area (Å²) in [5, 5.41) is 17.5. The molecule has 3 aromatic heterocycles. The number of hydrogen-bond donors (Lipinski definition) is 1. The molecule has 0 unspecified atom stereocenters. The molecule has 11 heteroatoms. The number of hydrogen-bond acceptors (Lipinski definition) is 8. The quantitative estimate of drug-likeness (QED) is 0.173. The lowest BCUT2D eigenvalue weighted by atomic mass is 10.0. The maximum absolute atomic E-state index is 13.4. The Morgan fingerprint density at radius 2 is 1.81 bits per heavy atom. The van der Waals surface area contributed by atoms with Crippen LogP contribution < -0.4 is 5.32 Å². The average molecular weight is 553 g/mol. The Morgan fingerprint density at radius 1 is 1.05 bits per heavy atom. The summed E-state index contributed by atoms with van der Waals surface area (Å²) in [5.74, 6) is -0.414. The number of anilines is 1. The summed E-state index contributed by atoms with van der Waals surface area (Å²) < 4.78 is 21.5. The molecule has 0 aliphatic rings. The number of methoxy groups -OCH3 is 1. The van der Waals surface area contributed by atoms with Crippen molar-refractivity contribution in [3.05, 3.63) is 70.7 Å². The van der Waals surface area contributed by atoms with E-state index in [9.17, 15) is 14.0 Å². The van der Waals surface area contributed by atoms with Crippen molar-refractivity contribution < 1.29 is 18.7 Å². The monoisotopic (exact) mass is 552 g/mol. The van der Waals surface area contributed by atoms with Gasteiger partial charge in [0.1, 0.15) is 16.4 Å². The molecule has 0 radical (unpaired) electrons. The van der Waals surface area contributed by atoms with Crippen LogP contribution in [-0.2, 0) is 16.1 Å². The Kier molecular flexibility index (Phi) is 7.36. The topological polar surface area (TPSA) is 86.1 Å². The molecule has 1 amide bonds. The second-order valence-electron chi connectivity index (χ2n) is 7.88. The number of carbonyl (C=O) groups is 2. The molecule has 2 aromatic carbocycles. The van der Waals surface area contributed by atoms with Gasteiger partial charge in [-0.05, 0) is 30.7 Å². The van der Waals surface area contributed by atoms with Crippen molar-refractivity contribution in [3.63, 3.8) is 0 Å². The molecule has 0 saturated heterocycles. The molecule has 5 rings (SSSR count). The summed E-state index contributed by atoms with van der Waals surface area (Å²) in [7, 11) is 1.28. The van der Waals surface area contributed by atoms with Gasteiger partial charge in [0.05, 0.1) is 12.9 Å². The molecule has 0 atom stereocenters. The molecule has 0 bridgehead atoms. The van der Waals surface area contributed by atoms with E-state index in [2.05, 4.69) is 33.0 Å². The maximum Gasteiger partial charge on any atom is 0.341 e. The predicted octanol–water partition coefficient (Wildman–Crippen LogP) is 6.56. The van der Waals surface area contributed by atoms with E-state index in [0.29, 0.717) is 27.8 Å². The zero-order valence-electron chi connectivity index (χ0n) is 19.9. The van der Waals surface area contributed by atoms with Crippen LogP contribution in [0.5, 0.6) is 0 Å². The van der Waals surface area contributed by atoms with Crippen molar-refractivity contribution >= 4 is 61.4 Å². The van der Waals surface area contributed by atoms with Crippen LogP contribution in [0.1, 0.15) is 17.3 Å². The lowest BCUT2D eigenvalue weighted by molar-refractivity contribution is -0.113. The van der Waals surface area contributed by atoms with Gasteiger partial charge in [0.2, 0.25) is 5.91 Å². The molecule has 1 N–H and O–H groups in total. The van der Waals surface area contributed by atoms with Gasteiger partial charge in [-0.2, -0.15) is 0 Å². The summed E-state index contributed by atoms with van der Waals surface area (Å²) >= 11 is 4.14. The van der Waals surface area contributed by atoms with Crippen LogP contribution in [0.25, 0.3) is 32.6 Å². The van der Waals surface area contributed by atoms with E-state index >= 15 is 0 Å². The van der Waals surface area contributed by atoms with Crippen molar-refractivity contribution in [2.24, 2.45) is 0 Å². The molecule has 188 valence electrons. The van der Waals surface area contributed by atoms with Crippen molar-refractivity contribution in [2.75, 3.05) is 18.2 Å². The van der Waals surface area contributed by atoms with Crippen molar-refractivity contribution in [2.45, 2.75) is 18.6 Å². The summed E-state index contributed by atoms with van der Waals surface area (Å²) in [5.41, 5.74) is 2.47. The van der Waals surface area contributed by atoms with E-state index in [0.717, 1.165) is 16.8 Å². The number of fused-ring (bicyclic) bond motifs is 1. The van der Waals surface area contributed by atoms with Crippen molar-refractivity contribution in [1.82, 2.24) is 14.8 Å². The van der Waals surface area contributed by atoms with E-state index < -0.39 is 5.97 Å². The highest BCUT2D eigenvalue weighted by Gasteiger charge is 2.23. The molecule has 0 spiro atoms. The predicted molar refractivity (Wildman–Crippen MR) is 147 cm³/mol. The van der Waals surface area contributed by atoms with E-state index in [1.807, 2.05) is 23.6 Å². The van der Waals surface area contributed by atoms with Gasteiger partial charge in [-0.15, -0.1) is 32.9 Å². The minimum absolute atomic E-state index is 0.0763. The number of rotatable bonds is 8. The molecule has 0 aliphatic heterocycles. The first kappa shape index (κ1) is 25.1. The smallest absolute Gasteiger partial charge is 0.341 e. The van der Waals surface area contributed by atoms with Gasteiger partial charge in [0.15, 0.2) is 11.0 Å². The minimum atomic E-state index is -0.582. The van der Waals surface area contributed by atoms with Crippen LogP contribution in [0.3, 0.4) is 0 Å². The van der Waals surface area contributed by atoms with Gasteiger partial charge in [-0.25, -0.2) is 9.18 Å². The molecule has 5 aromatic rings. The number of amides is 1. The van der Waals surface area contributed by atoms with E-state index in [1.165, 1.54) is 47.0 Å². The highest BCUT2D eigenvalue weighted by Crippen LogP contribution is 2.37. The van der Waals surface area contributed by atoms with E-state index in [4.69, 9.17) is 4.74 Å². The zero-order valence-corrected chi connectivity index (χ0v) is 22.3. The number of nitrogens with one attached hydrogen (secondary N) is 1. The maximum atomic E-state index is 13.4. The third-order valence-electron chi connectivity index (χ3n) is 5.68. The fraction of sp³-hybridized carbons (Fsp3) is 0.154. The molecule has 0 aliphatic carbocycles. The number of thioether (sulfide) groups is 1. The summed E-state index contributed by atoms with van der Waals surface area (Å²) in [6, 6.07) is 13.9. The molecule has 37 heavy (non-hydrogen) atoms. The van der Waals surface area contributed by atoms with Crippen LogP contribution in [0.2, 0.25) is 0 Å². The third-order valence-corrected chi connectivity index (χ3v) is 8.50. The van der Waals surface area contributed by atoms with Crippen LogP contribution >= 0.6 is 34.4 Å². The van der Waals surface area contributed by atoms with Gasteiger partial charge in [-0.1, -0.05) is 42.1 Å². The number of ether oxygens (including phenoxy) is 1. The normalized spacial score (nSPS) is 11.1. The van der Waals surface area contributed by atoms with Crippen molar-refractivity contribution in [3.8, 4) is 22.5 Å². The standard InChI is InChI=1S/C26H21FN4O3S3/c1-3-31-23(19-13-35-20-7-5-4-6-17(19)20)29-30-26(31)37-14-21(32)28-24-22(25(33)34-2)18(12-36-24)15-8-10-16(27)11-9-15/h4-13H,3,14H2,1-2H3,(H,28,32). The van der Waals surface area contributed by atoms with Gasteiger partial charge in [0.25, 0.3) is 0 Å². The van der Waals surface area contributed by atoms with Gasteiger partial charge in [-0.3, -0.25) is 4.79 Å². The van der Waals surface area contributed by atoms with Crippen LogP contribution in [0.15, 0.2) is 64.4 Å².